The number of nitrogens with one attached hydrogen (secondary N) is 1. The zero-order valence-electron chi connectivity index (χ0n) is 17.7. The molecule has 0 saturated carbocycles. The molecule has 0 atom stereocenters. The van der Waals surface area contributed by atoms with E-state index in [1.54, 1.807) is 35.0 Å². The molecule has 0 fully saturated rings. The predicted molar refractivity (Wildman–Crippen MR) is 127 cm³/mol. The first kappa shape index (κ1) is 23.9. The maximum absolute atomic E-state index is 13.8. The second-order valence-corrected chi connectivity index (χ2v) is 8.50. The van der Waals surface area contributed by atoms with Gasteiger partial charge in [-0.3, -0.25) is 9.48 Å². The first-order valence-electron chi connectivity index (χ1n) is 9.55. The van der Waals surface area contributed by atoms with Gasteiger partial charge in [0.1, 0.15) is 19.0 Å². The van der Waals surface area contributed by atoms with Crippen LogP contribution in [0.3, 0.4) is 0 Å². The van der Waals surface area contributed by atoms with Crippen LogP contribution in [0, 0.1) is 19.7 Å². The van der Waals surface area contributed by atoms with Crippen molar-refractivity contribution < 1.29 is 18.7 Å². The number of hydrazone groups is 1. The highest BCUT2D eigenvalue weighted by Crippen LogP contribution is 2.37. The van der Waals surface area contributed by atoms with Crippen LogP contribution in [0.25, 0.3) is 0 Å². The summed E-state index contributed by atoms with van der Waals surface area (Å²) in [5.41, 5.74) is 5.26. The van der Waals surface area contributed by atoms with E-state index in [0.717, 1.165) is 15.9 Å². The van der Waals surface area contributed by atoms with E-state index in [9.17, 15) is 9.18 Å². The molecule has 3 rings (SSSR count). The standard InChI is InChI=1S/C22H21Br2FN4O3/c1-13-21(24)14(2)29(28-13)11-20(30)27-26-10-15-8-17(23)22(19(9-15)31-3)32-12-16-6-4-5-7-18(16)25/h4-10H,11-12H2,1-3H3,(H,27,30)/b26-10+. The number of nitrogens with zero attached hydrogens (tertiary/aromatic N) is 3. The molecule has 2 aromatic carbocycles. The van der Waals surface area contributed by atoms with Crippen LogP contribution in [0.5, 0.6) is 11.5 Å². The molecule has 1 aromatic heterocycles. The number of hydrogen-bond donors (Lipinski definition) is 1. The van der Waals surface area contributed by atoms with Crippen molar-refractivity contribution in [3.63, 3.8) is 0 Å². The molecule has 3 aromatic rings. The normalized spacial score (nSPS) is 11.1. The molecule has 7 nitrogen and oxygen atoms in total. The number of carbonyl (C=O) groups excluding carboxylic acids is 1. The Balaban J connectivity index is 1.65. The zero-order chi connectivity index (χ0) is 23.3. The quantitative estimate of drug-likeness (QED) is 0.310. The lowest BCUT2D eigenvalue weighted by Crippen LogP contribution is -2.24. The Kier molecular flexibility index (Phi) is 8.03. The number of hydrogen-bond acceptors (Lipinski definition) is 5. The lowest BCUT2D eigenvalue weighted by Gasteiger charge is -2.14. The number of ether oxygens (including phenoxy) is 2. The Labute approximate surface area is 201 Å². The monoisotopic (exact) mass is 566 g/mol. The van der Waals surface area contributed by atoms with Gasteiger partial charge in [-0.1, -0.05) is 18.2 Å². The predicted octanol–water partition coefficient (Wildman–Crippen LogP) is 4.90. The van der Waals surface area contributed by atoms with Crippen LogP contribution in [0.1, 0.15) is 22.5 Å². The fraction of sp³-hybridized carbons (Fsp3) is 0.227. The van der Waals surface area contributed by atoms with E-state index >= 15 is 0 Å². The Hall–Kier alpha value is -2.72. The first-order chi connectivity index (χ1) is 15.3. The van der Waals surface area contributed by atoms with Crippen molar-refractivity contribution in [3.05, 3.63) is 73.7 Å². The number of halogens is 3. The molecule has 0 spiro atoms. The summed E-state index contributed by atoms with van der Waals surface area (Å²) in [7, 11) is 1.51. The van der Waals surface area contributed by atoms with Crippen molar-refractivity contribution in [2.24, 2.45) is 5.10 Å². The maximum Gasteiger partial charge on any atom is 0.261 e. The van der Waals surface area contributed by atoms with Crippen LogP contribution in [0.15, 0.2) is 50.4 Å². The Morgan fingerprint density at radius 3 is 2.69 bits per heavy atom. The third kappa shape index (κ3) is 5.74. The molecule has 1 heterocycles. The molecule has 32 heavy (non-hydrogen) atoms. The fourth-order valence-corrected chi connectivity index (χ4v) is 3.76. The lowest BCUT2D eigenvalue weighted by molar-refractivity contribution is -0.121. The summed E-state index contributed by atoms with van der Waals surface area (Å²) in [6.45, 7) is 3.83. The molecule has 0 aliphatic rings. The summed E-state index contributed by atoms with van der Waals surface area (Å²) < 4.78 is 28.1. The highest BCUT2D eigenvalue weighted by molar-refractivity contribution is 9.10. The van der Waals surface area contributed by atoms with Crippen molar-refractivity contribution in [2.75, 3.05) is 7.11 Å². The molecule has 1 amide bonds. The van der Waals surface area contributed by atoms with E-state index in [4.69, 9.17) is 9.47 Å². The minimum absolute atomic E-state index is 0.0471. The summed E-state index contributed by atoms with van der Waals surface area (Å²) in [5.74, 6) is 0.230. The lowest BCUT2D eigenvalue weighted by atomic mass is 10.2. The van der Waals surface area contributed by atoms with E-state index in [2.05, 4.69) is 47.5 Å². The molecule has 168 valence electrons. The number of methoxy groups -OCH3 is 1. The summed E-state index contributed by atoms with van der Waals surface area (Å²) in [6.07, 6.45) is 1.49. The maximum atomic E-state index is 13.8. The molecule has 0 saturated heterocycles. The third-order valence-electron chi connectivity index (χ3n) is 4.57. The van der Waals surface area contributed by atoms with E-state index in [-0.39, 0.29) is 24.9 Å². The van der Waals surface area contributed by atoms with E-state index in [1.807, 2.05) is 13.8 Å². The Bertz CT molecular complexity index is 1160. The van der Waals surface area contributed by atoms with Crippen molar-refractivity contribution in [2.45, 2.75) is 27.0 Å². The van der Waals surface area contributed by atoms with Gasteiger partial charge in [0.2, 0.25) is 0 Å². The van der Waals surface area contributed by atoms with Crippen molar-refractivity contribution in [1.82, 2.24) is 15.2 Å². The van der Waals surface area contributed by atoms with Gasteiger partial charge in [0, 0.05) is 5.56 Å². The van der Waals surface area contributed by atoms with Crippen molar-refractivity contribution in [3.8, 4) is 11.5 Å². The molecule has 10 heteroatoms. The van der Waals surface area contributed by atoms with Gasteiger partial charge < -0.3 is 9.47 Å². The highest BCUT2D eigenvalue weighted by atomic mass is 79.9. The minimum atomic E-state index is -0.338. The van der Waals surface area contributed by atoms with Crippen LogP contribution >= 0.6 is 31.9 Å². The summed E-state index contributed by atoms with van der Waals surface area (Å²) in [6, 6.07) is 9.87. The highest BCUT2D eigenvalue weighted by Gasteiger charge is 2.13. The van der Waals surface area contributed by atoms with Crippen molar-refractivity contribution >= 4 is 44.0 Å². The van der Waals surface area contributed by atoms with Crippen LogP contribution in [-0.4, -0.2) is 29.0 Å². The molecule has 0 bridgehead atoms. The number of aromatic nitrogens is 2. The topological polar surface area (TPSA) is 77.7 Å². The van der Waals surface area contributed by atoms with Gasteiger partial charge in [-0.25, -0.2) is 9.82 Å². The van der Waals surface area contributed by atoms with E-state index in [0.29, 0.717) is 27.1 Å². The van der Waals surface area contributed by atoms with Gasteiger partial charge in [-0.2, -0.15) is 10.2 Å². The second kappa shape index (κ2) is 10.7. The molecular weight excluding hydrogens is 547 g/mol. The van der Waals surface area contributed by atoms with E-state index < -0.39 is 0 Å². The number of rotatable bonds is 8. The Morgan fingerprint density at radius 2 is 2.03 bits per heavy atom. The number of carbonyl (C=O) groups is 1. The summed E-state index contributed by atoms with van der Waals surface area (Å²) in [5, 5.41) is 8.31. The average molecular weight is 568 g/mol. The number of amides is 1. The Morgan fingerprint density at radius 1 is 1.28 bits per heavy atom. The van der Waals surface area contributed by atoms with Crippen LogP contribution in [0.2, 0.25) is 0 Å². The number of benzene rings is 2. The average Bonchev–Trinajstić information content (AvgIpc) is 3.00. The van der Waals surface area contributed by atoms with Gasteiger partial charge >= 0.3 is 0 Å². The van der Waals surface area contributed by atoms with Gasteiger partial charge in [0.25, 0.3) is 5.91 Å². The number of aryl methyl sites for hydroxylation is 1. The zero-order valence-corrected chi connectivity index (χ0v) is 20.8. The van der Waals surface area contributed by atoms with E-state index in [1.165, 1.54) is 19.4 Å². The smallest absolute Gasteiger partial charge is 0.261 e. The van der Waals surface area contributed by atoms with Crippen LogP contribution < -0.4 is 14.9 Å². The fourth-order valence-electron chi connectivity index (χ4n) is 2.90. The molecule has 0 radical (unpaired) electrons. The molecular formula is C22H21Br2FN4O3. The van der Waals surface area contributed by atoms with Crippen LogP contribution in [-0.2, 0) is 17.9 Å². The molecule has 0 unspecified atom stereocenters. The van der Waals surface area contributed by atoms with Crippen molar-refractivity contribution in [1.29, 1.82) is 0 Å². The van der Waals surface area contributed by atoms with Gasteiger partial charge in [0.15, 0.2) is 11.5 Å². The van der Waals surface area contributed by atoms with Gasteiger partial charge in [0.05, 0.1) is 33.7 Å². The second-order valence-electron chi connectivity index (χ2n) is 6.85. The summed E-state index contributed by atoms with van der Waals surface area (Å²) >= 11 is 6.89. The van der Waals surface area contributed by atoms with Gasteiger partial charge in [-0.15, -0.1) is 0 Å². The largest absolute Gasteiger partial charge is 0.493 e. The molecule has 0 aliphatic carbocycles. The minimum Gasteiger partial charge on any atom is -0.493 e. The summed E-state index contributed by atoms with van der Waals surface area (Å²) in [4.78, 5) is 12.2. The van der Waals surface area contributed by atoms with Crippen LogP contribution in [0.4, 0.5) is 4.39 Å². The van der Waals surface area contributed by atoms with Gasteiger partial charge in [-0.05, 0) is 69.5 Å². The molecule has 1 N–H and O–H groups in total. The molecule has 0 aliphatic heterocycles. The third-order valence-corrected chi connectivity index (χ3v) is 6.31. The SMILES string of the molecule is COc1cc(/C=N/NC(=O)Cn2nc(C)c(Br)c2C)cc(Br)c1OCc1ccccc1F. The first-order valence-corrected chi connectivity index (χ1v) is 11.1.